The van der Waals surface area contributed by atoms with Crippen LogP contribution in [0.15, 0.2) is 42.5 Å². The largest absolute Gasteiger partial charge is 0.398 e. The van der Waals surface area contributed by atoms with Crippen LogP contribution in [0.5, 0.6) is 0 Å². The minimum absolute atomic E-state index is 0.0638. The zero-order valence-corrected chi connectivity index (χ0v) is 10.9. The second-order valence-electron chi connectivity index (χ2n) is 4.48. The molecule has 1 atom stereocenters. The number of hydrogen-bond donors (Lipinski definition) is 2. The highest BCUT2D eigenvalue weighted by Crippen LogP contribution is 2.17. The second-order valence-corrected chi connectivity index (χ2v) is 4.48. The molecule has 0 aliphatic rings. The SMILES string of the molecule is CC(NC(=O)c1ccc(F)cc1N)c1cccc(F)c1. The van der Waals surface area contributed by atoms with Gasteiger partial charge in [-0.05, 0) is 42.8 Å². The summed E-state index contributed by atoms with van der Waals surface area (Å²) in [4.78, 5) is 12.0. The van der Waals surface area contributed by atoms with Crippen LogP contribution in [0, 0.1) is 11.6 Å². The number of anilines is 1. The predicted octanol–water partition coefficient (Wildman–Crippen LogP) is 3.04. The molecule has 5 heteroatoms. The van der Waals surface area contributed by atoms with Gasteiger partial charge in [0.1, 0.15) is 11.6 Å². The summed E-state index contributed by atoms with van der Waals surface area (Å²) in [5.41, 5.74) is 6.49. The average Bonchev–Trinajstić information content (AvgIpc) is 2.38. The van der Waals surface area contributed by atoms with Crippen LogP contribution in [0.2, 0.25) is 0 Å². The molecule has 0 heterocycles. The summed E-state index contributed by atoms with van der Waals surface area (Å²) in [7, 11) is 0. The van der Waals surface area contributed by atoms with Crippen LogP contribution in [0.3, 0.4) is 0 Å². The molecule has 104 valence electrons. The number of carbonyl (C=O) groups excluding carboxylic acids is 1. The molecule has 0 aliphatic carbocycles. The Bertz CT molecular complexity index is 644. The van der Waals surface area contributed by atoms with Crippen LogP contribution in [0.25, 0.3) is 0 Å². The van der Waals surface area contributed by atoms with E-state index in [-0.39, 0.29) is 23.1 Å². The van der Waals surface area contributed by atoms with Gasteiger partial charge in [0.15, 0.2) is 0 Å². The number of benzene rings is 2. The Kier molecular flexibility index (Phi) is 3.98. The zero-order chi connectivity index (χ0) is 14.7. The summed E-state index contributed by atoms with van der Waals surface area (Å²) >= 11 is 0. The maximum absolute atomic E-state index is 13.1. The smallest absolute Gasteiger partial charge is 0.253 e. The highest BCUT2D eigenvalue weighted by molar-refractivity contribution is 5.99. The van der Waals surface area contributed by atoms with Gasteiger partial charge in [0.25, 0.3) is 5.91 Å². The van der Waals surface area contributed by atoms with E-state index in [1.165, 1.54) is 18.2 Å². The van der Waals surface area contributed by atoms with Crippen molar-refractivity contribution in [1.82, 2.24) is 5.32 Å². The molecule has 1 unspecified atom stereocenters. The first-order valence-corrected chi connectivity index (χ1v) is 6.08. The van der Waals surface area contributed by atoms with Crippen molar-refractivity contribution in [2.45, 2.75) is 13.0 Å². The summed E-state index contributed by atoms with van der Waals surface area (Å²) in [5, 5.41) is 2.69. The first-order valence-electron chi connectivity index (χ1n) is 6.08. The fourth-order valence-corrected chi connectivity index (χ4v) is 1.87. The number of rotatable bonds is 3. The quantitative estimate of drug-likeness (QED) is 0.847. The fraction of sp³-hybridized carbons (Fsp3) is 0.133. The molecule has 0 saturated carbocycles. The molecule has 3 N–H and O–H groups in total. The van der Waals surface area contributed by atoms with Crippen molar-refractivity contribution in [3.05, 3.63) is 65.2 Å². The number of amides is 1. The van der Waals surface area contributed by atoms with E-state index < -0.39 is 11.7 Å². The average molecular weight is 276 g/mol. The van der Waals surface area contributed by atoms with E-state index >= 15 is 0 Å². The van der Waals surface area contributed by atoms with Crippen molar-refractivity contribution in [1.29, 1.82) is 0 Å². The maximum atomic E-state index is 13.1. The van der Waals surface area contributed by atoms with E-state index in [0.717, 1.165) is 12.1 Å². The number of nitrogen functional groups attached to an aromatic ring is 1. The molecule has 2 aromatic rings. The molecule has 1 amide bonds. The molecule has 3 nitrogen and oxygen atoms in total. The molecule has 0 aromatic heterocycles. The number of nitrogens with one attached hydrogen (secondary N) is 1. The molecule has 0 spiro atoms. The summed E-state index contributed by atoms with van der Waals surface area (Å²) in [6.45, 7) is 1.73. The zero-order valence-electron chi connectivity index (χ0n) is 10.9. The molecule has 2 aromatic carbocycles. The van der Waals surface area contributed by atoms with E-state index in [4.69, 9.17) is 5.73 Å². The van der Waals surface area contributed by atoms with Gasteiger partial charge in [0.05, 0.1) is 11.6 Å². The third kappa shape index (κ3) is 3.12. The van der Waals surface area contributed by atoms with E-state index in [2.05, 4.69) is 5.32 Å². The molecule has 2 rings (SSSR count). The van der Waals surface area contributed by atoms with Crippen LogP contribution < -0.4 is 11.1 Å². The topological polar surface area (TPSA) is 55.1 Å². The highest BCUT2D eigenvalue weighted by atomic mass is 19.1. The van der Waals surface area contributed by atoms with E-state index in [1.54, 1.807) is 19.1 Å². The van der Waals surface area contributed by atoms with Crippen molar-refractivity contribution in [2.75, 3.05) is 5.73 Å². The monoisotopic (exact) mass is 276 g/mol. The van der Waals surface area contributed by atoms with E-state index in [9.17, 15) is 13.6 Å². The summed E-state index contributed by atoms with van der Waals surface area (Å²) in [6, 6.07) is 9.14. The van der Waals surface area contributed by atoms with Crippen LogP contribution >= 0.6 is 0 Å². The van der Waals surface area contributed by atoms with Gasteiger partial charge in [-0.3, -0.25) is 4.79 Å². The van der Waals surface area contributed by atoms with Gasteiger partial charge >= 0.3 is 0 Å². The predicted molar refractivity (Wildman–Crippen MR) is 73.1 cm³/mol. The van der Waals surface area contributed by atoms with Crippen LogP contribution in [-0.4, -0.2) is 5.91 Å². The van der Waals surface area contributed by atoms with Crippen molar-refractivity contribution in [3.8, 4) is 0 Å². The van der Waals surface area contributed by atoms with Gasteiger partial charge < -0.3 is 11.1 Å². The van der Waals surface area contributed by atoms with Crippen molar-refractivity contribution < 1.29 is 13.6 Å². The molecule has 0 aliphatic heterocycles. The van der Waals surface area contributed by atoms with Crippen LogP contribution in [-0.2, 0) is 0 Å². The Morgan fingerprint density at radius 3 is 2.50 bits per heavy atom. The van der Waals surface area contributed by atoms with E-state index in [1.807, 2.05) is 0 Å². The van der Waals surface area contributed by atoms with Gasteiger partial charge in [-0.2, -0.15) is 0 Å². The molecule has 0 bridgehead atoms. The molecule has 20 heavy (non-hydrogen) atoms. The van der Waals surface area contributed by atoms with E-state index in [0.29, 0.717) is 5.56 Å². The van der Waals surface area contributed by atoms with Crippen molar-refractivity contribution in [3.63, 3.8) is 0 Å². The van der Waals surface area contributed by atoms with Gasteiger partial charge in [-0.1, -0.05) is 12.1 Å². The Balaban J connectivity index is 2.15. The summed E-state index contributed by atoms with van der Waals surface area (Å²) < 4.78 is 26.1. The standard InChI is InChI=1S/C15H14F2N2O/c1-9(10-3-2-4-11(16)7-10)19-15(20)13-6-5-12(17)8-14(13)18/h2-9H,18H2,1H3,(H,19,20). The molecular weight excluding hydrogens is 262 g/mol. The number of halogens is 2. The molecule has 0 saturated heterocycles. The minimum atomic E-state index is -0.503. The summed E-state index contributed by atoms with van der Waals surface area (Å²) in [6.07, 6.45) is 0. The first-order chi connectivity index (χ1) is 9.47. The Morgan fingerprint density at radius 2 is 1.85 bits per heavy atom. The van der Waals surface area contributed by atoms with Gasteiger partial charge in [0, 0.05) is 5.69 Å². The van der Waals surface area contributed by atoms with Gasteiger partial charge in [-0.15, -0.1) is 0 Å². The first kappa shape index (κ1) is 14.0. The van der Waals surface area contributed by atoms with Crippen molar-refractivity contribution >= 4 is 11.6 Å². The lowest BCUT2D eigenvalue weighted by Gasteiger charge is -2.15. The molecule has 0 fully saturated rings. The number of hydrogen-bond acceptors (Lipinski definition) is 2. The highest BCUT2D eigenvalue weighted by Gasteiger charge is 2.14. The Labute approximate surface area is 115 Å². The lowest BCUT2D eigenvalue weighted by atomic mass is 10.1. The third-order valence-corrected chi connectivity index (χ3v) is 2.95. The fourth-order valence-electron chi connectivity index (χ4n) is 1.87. The Hall–Kier alpha value is -2.43. The molecule has 0 radical (unpaired) electrons. The van der Waals surface area contributed by atoms with Gasteiger partial charge in [0.2, 0.25) is 0 Å². The molecular formula is C15H14F2N2O. The van der Waals surface area contributed by atoms with Crippen LogP contribution in [0.1, 0.15) is 28.9 Å². The van der Waals surface area contributed by atoms with Gasteiger partial charge in [-0.25, -0.2) is 8.78 Å². The van der Waals surface area contributed by atoms with Crippen molar-refractivity contribution in [2.24, 2.45) is 0 Å². The third-order valence-electron chi connectivity index (χ3n) is 2.95. The number of nitrogens with two attached hydrogens (primary N) is 1. The lowest BCUT2D eigenvalue weighted by molar-refractivity contribution is 0.0940. The Morgan fingerprint density at radius 1 is 1.15 bits per heavy atom. The maximum Gasteiger partial charge on any atom is 0.253 e. The van der Waals surface area contributed by atoms with Crippen LogP contribution in [0.4, 0.5) is 14.5 Å². The minimum Gasteiger partial charge on any atom is -0.398 e. The second kappa shape index (κ2) is 5.69. The lowest BCUT2D eigenvalue weighted by Crippen LogP contribution is -2.27. The number of carbonyl (C=O) groups is 1. The summed E-state index contributed by atoms with van der Waals surface area (Å²) in [5.74, 6) is -1.30. The normalized spacial score (nSPS) is 11.9.